The molecule has 0 spiro atoms. The molecule has 0 radical (unpaired) electrons. The zero-order valence-corrected chi connectivity index (χ0v) is 26.2. The van der Waals surface area contributed by atoms with Crippen LogP contribution in [0.2, 0.25) is 0 Å². The summed E-state index contributed by atoms with van der Waals surface area (Å²) in [5.41, 5.74) is 15.9. The van der Waals surface area contributed by atoms with E-state index in [-0.39, 0.29) is 5.41 Å². The fourth-order valence-electron chi connectivity index (χ4n) is 6.41. The first-order valence-corrected chi connectivity index (χ1v) is 15.9. The summed E-state index contributed by atoms with van der Waals surface area (Å²) in [5.74, 6) is 0.511. The number of nitrogens with zero attached hydrogens (tertiary/aromatic N) is 2. The summed E-state index contributed by atoms with van der Waals surface area (Å²) in [4.78, 5) is 4.81. The van der Waals surface area contributed by atoms with Crippen LogP contribution in [0.3, 0.4) is 0 Å². The van der Waals surface area contributed by atoms with E-state index in [1.165, 1.54) is 93.2 Å². The molecule has 43 heavy (non-hydrogen) atoms. The Balaban J connectivity index is 1.29. The van der Waals surface area contributed by atoms with E-state index in [9.17, 15) is 0 Å². The highest BCUT2D eigenvalue weighted by molar-refractivity contribution is 5.82. The molecule has 2 aliphatic rings. The Labute approximate surface area is 257 Å². The molecular weight excluding hydrogens is 520 g/mol. The molecule has 5 aromatic rings. The number of hydrogen-bond acceptors (Lipinski definition) is 2. The summed E-state index contributed by atoms with van der Waals surface area (Å²) in [6.45, 7) is 11.3. The molecule has 0 saturated carbocycles. The van der Waals surface area contributed by atoms with Gasteiger partial charge in [-0.25, -0.2) is 0 Å². The minimum atomic E-state index is 0.121. The molecule has 0 aromatic heterocycles. The van der Waals surface area contributed by atoms with E-state index < -0.39 is 0 Å². The minimum Gasteiger partial charge on any atom is -0.310 e. The molecule has 0 saturated heterocycles. The summed E-state index contributed by atoms with van der Waals surface area (Å²) < 4.78 is 0. The Kier molecular flexibility index (Phi) is 6.89. The third kappa shape index (κ3) is 5.25. The number of anilines is 6. The van der Waals surface area contributed by atoms with Crippen LogP contribution in [0, 0.1) is 0 Å². The van der Waals surface area contributed by atoms with Crippen LogP contribution < -0.4 is 9.80 Å². The average molecular weight is 563 g/mol. The van der Waals surface area contributed by atoms with Crippen LogP contribution in [-0.2, 0) is 31.1 Å². The van der Waals surface area contributed by atoms with Gasteiger partial charge in [0.15, 0.2) is 0 Å². The molecule has 2 nitrogen and oxygen atoms in total. The molecule has 216 valence electrons. The first-order chi connectivity index (χ1) is 20.7. The maximum absolute atomic E-state index is 2.40. The second-order valence-electron chi connectivity index (χ2n) is 13.6. The van der Waals surface area contributed by atoms with E-state index >= 15 is 0 Å². The van der Waals surface area contributed by atoms with Crippen molar-refractivity contribution in [2.75, 3.05) is 9.80 Å². The van der Waals surface area contributed by atoms with E-state index in [4.69, 9.17) is 0 Å². The summed E-state index contributed by atoms with van der Waals surface area (Å²) >= 11 is 0. The largest absolute Gasteiger partial charge is 0.310 e. The predicted octanol–water partition coefficient (Wildman–Crippen LogP) is 11.2. The molecule has 0 unspecified atom stereocenters. The third-order valence-corrected chi connectivity index (χ3v) is 9.40. The summed E-state index contributed by atoms with van der Waals surface area (Å²) in [5, 5.41) is 0. The Morgan fingerprint density at radius 3 is 1.12 bits per heavy atom. The lowest BCUT2D eigenvalue weighted by molar-refractivity contribution is 0.590. The van der Waals surface area contributed by atoms with Gasteiger partial charge < -0.3 is 9.80 Å². The molecule has 0 heterocycles. The molecular formula is C41H42N2. The lowest BCUT2D eigenvalue weighted by Crippen LogP contribution is -2.16. The first-order valence-electron chi connectivity index (χ1n) is 15.9. The van der Waals surface area contributed by atoms with Gasteiger partial charge in [-0.3, -0.25) is 0 Å². The summed E-state index contributed by atoms with van der Waals surface area (Å²) in [6.07, 6.45) is 4.74. The Morgan fingerprint density at radius 1 is 0.442 bits per heavy atom. The summed E-state index contributed by atoms with van der Waals surface area (Å²) in [7, 11) is 0. The van der Waals surface area contributed by atoms with Crippen LogP contribution in [0.15, 0.2) is 109 Å². The Bertz CT molecular complexity index is 1750. The van der Waals surface area contributed by atoms with Gasteiger partial charge >= 0.3 is 0 Å². The highest BCUT2D eigenvalue weighted by Crippen LogP contribution is 2.42. The lowest BCUT2D eigenvalue weighted by atomic mass is 9.87. The van der Waals surface area contributed by atoms with E-state index in [1.807, 2.05) is 0 Å². The fourth-order valence-corrected chi connectivity index (χ4v) is 6.41. The second kappa shape index (κ2) is 10.8. The van der Waals surface area contributed by atoms with Crippen LogP contribution in [-0.4, -0.2) is 0 Å². The van der Waals surface area contributed by atoms with Gasteiger partial charge in [0.25, 0.3) is 0 Å². The number of aryl methyl sites for hydroxylation is 4. The van der Waals surface area contributed by atoms with Crippen LogP contribution in [0.5, 0.6) is 0 Å². The third-order valence-electron chi connectivity index (χ3n) is 9.40. The fraction of sp³-hybridized carbons (Fsp3) is 0.268. The normalized spacial score (nSPS) is 13.5. The van der Waals surface area contributed by atoms with Crippen molar-refractivity contribution in [1.29, 1.82) is 0 Å². The van der Waals surface area contributed by atoms with Crippen LogP contribution in [0.1, 0.15) is 73.9 Å². The smallest absolute Gasteiger partial charge is 0.0464 e. The lowest BCUT2D eigenvalue weighted by Gasteiger charge is -2.31. The second-order valence-corrected chi connectivity index (χ2v) is 13.6. The van der Waals surface area contributed by atoms with Crippen LogP contribution in [0.25, 0.3) is 0 Å². The predicted molar refractivity (Wildman–Crippen MR) is 183 cm³/mol. The maximum Gasteiger partial charge on any atom is 0.0464 e. The monoisotopic (exact) mass is 562 g/mol. The number of hydrogen-bond donors (Lipinski definition) is 0. The number of fused-ring (bicyclic) bond motifs is 2. The highest BCUT2D eigenvalue weighted by Gasteiger charge is 2.22. The van der Waals surface area contributed by atoms with E-state index in [0.717, 1.165) is 0 Å². The molecule has 5 aromatic carbocycles. The van der Waals surface area contributed by atoms with Crippen molar-refractivity contribution >= 4 is 34.1 Å². The molecule has 0 bridgehead atoms. The summed E-state index contributed by atoms with van der Waals surface area (Å²) in [6, 6.07) is 41.3. The molecule has 0 aliphatic heterocycles. The SMILES string of the molecule is CC(C)c1ccc(N(c2ccc(N(c3ccc(C(C)(C)C)cc3)c3ccc4c(c3)CC4)cc2)c2ccc3c(c2)CC3)cc1. The molecule has 2 aliphatic carbocycles. The average Bonchev–Trinajstić information content (AvgIpc) is 2.97. The van der Waals surface area contributed by atoms with Crippen LogP contribution in [0.4, 0.5) is 34.1 Å². The topological polar surface area (TPSA) is 6.48 Å². The van der Waals surface area contributed by atoms with E-state index in [0.29, 0.717) is 5.92 Å². The molecule has 0 N–H and O–H groups in total. The molecule has 0 atom stereocenters. The van der Waals surface area contributed by atoms with Gasteiger partial charge in [0, 0.05) is 34.1 Å². The van der Waals surface area contributed by atoms with Gasteiger partial charge in [-0.2, -0.15) is 0 Å². The first kappa shape index (κ1) is 27.5. The van der Waals surface area contributed by atoms with Crippen molar-refractivity contribution in [2.24, 2.45) is 0 Å². The van der Waals surface area contributed by atoms with Gasteiger partial charge in [-0.1, -0.05) is 71.0 Å². The Hall–Kier alpha value is -4.30. The van der Waals surface area contributed by atoms with Crippen molar-refractivity contribution in [2.45, 2.75) is 71.6 Å². The molecule has 2 heteroatoms. The van der Waals surface area contributed by atoms with Gasteiger partial charge in [0.1, 0.15) is 0 Å². The number of rotatable bonds is 7. The van der Waals surface area contributed by atoms with Gasteiger partial charge in [0.2, 0.25) is 0 Å². The van der Waals surface area contributed by atoms with Crippen molar-refractivity contribution in [1.82, 2.24) is 0 Å². The van der Waals surface area contributed by atoms with Crippen molar-refractivity contribution < 1.29 is 0 Å². The van der Waals surface area contributed by atoms with Gasteiger partial charge in [-0.15, -0.1) is 0 Å². The maximum atomic E-state index is 2.40. The van der Waals surface area contributed by atoms with E-state index in [1.54, 1.807) is 0 Å². The highest BCUT2D eigenvalue weighted by atomic mass is 15.2. The van der Waals surface area contributed by atoms with Crippen molar-refractivity contribution in [3.8, 4) is 0 Å². The van der Waals surface area contributed by atoms with Gasteiger partial charge in [0.05, 0.1) is 0 Å². The minimum absolute atomic E-state index is 0.121. The quantitative estimate of drug-likeness (QED) is 0.195. The van der Waals surface area contributed by atoms with Crippen LogP contribution >= 0.6 is 0 Å². The molecule has 7 rings (SSSR count). The zero-order valence-electron chi connectivity index (χ0n) is 26.2. The van der Waals surface area contributed by atoms with Gasteiger partial charge in [-0.05, 0) is 143 Å². The Morgan fingerprint density at radius 2 is 0.791 bits per heavy atom. The molecule has 0 amide bonds. The van der Waals surface area contributed by atoms with Crippen molar-refractivity contribution in [3.05, 3.63) is 143 Å². The van der Waals surface area contributed by atoms with Crippen molar-refractivity contribution in [3.63, 3.8) is 0 Å². The van der Waals surface area contributed by atoms with E-state index in [2.05, 4.69) is 154 Å². The number of benzene rings is 5. The standard InChI is InChI=1S/C41H42N2/c1-28(2)29-10-16-35(17-11-29)42(39-18-12-30-6-8-32(30)26-39)37-22-24-38(25-23-37)43(40-19-13-31-7-9-33(31)27-40)36-20-14-34(15-21-36)41(3,4)5/h10-28H,6-9H2,1-5H3. The molecule has 0 fully saturated rings. The zero-order chi connectivity index (χ0) is 29.7.